The number of pyridine rings is 1. The molecule has 0 bridgehead atoms. The molecule has 1 aromatic rings. The van der Waals surface area contributed by atoms with Gasteiger partial charge in [-0.15, -0.1) is 0 Å². The second kappa shape index (κ2) is 7.64. The Balaban J connectivity index is 1.64. The molecular formula is C20H31N3O. The molecule has 0 aromatic carbocycles. The third kappa shape index (κ3) is 4.15. The summed E-state index contributed by atoms with van der Waals surface area (Å²) in [5.41, 5.74) is 2.57. The summed E-state index contributed by atoms with van der Waals surface area (Å²) in [7, 11) is 0. The van der Waals surface area contributed by atoms with Crippen LogP contribution in [0.3, 0.4) is 0 Å². The number of likely N-dealkylation sites (tertiary alicyclic amines) is 2. The minimum atomic E-state index is 0.309. The Morgan fingerprint density at radius 3 is 2.92 bits per heavy atom. The molecule has 0 aliphatic carbocycles. The molecule has 1 aromatic heterocycles. The van der Waals surface area contributed by atoms with Crippen molar-refractivity contribution in [3.63, 3.8) is 0 Å². The summed E-state index contributed by atoms with van der Waals surface area (Å²) in [5.74, 6) is 0.367. The number of aryl methyl sites for hydroxylation is 1. The Hall–Kier alpha value is -1.42. The van der Waals surface area contributed by atoms with E-state index in [-0.39, 0.29) is 0 Å². The van der Waals surface area contributed by atoms with E-state index in [1.807, 2.05) is 0 Å². The molecule has 1 atom stereocenters. The lowest BCUT2D eigenvalue weighted by Crippen LogP contribution is -2.54. The zero-order valence-electron chi connectivity index (χ0n) is 15.3. The summed E-state index contributed by atoms with van der Waals surface area (Å²) in [6, 6.07) is 6.29. The molecule has 0 N–H and O–H groups in total. The smallest absolute Gasteiger partial charge is 0.222 e. The zero-order chi connectivity index (χ0) is 17.0. The third-order valence-corrected chi connectivity index (χ3v) is 5.60. The van der Waals surface area contributed by atoms with Crippen LogP contribution in [0, 0.1) is 12.3 Å². The SMILES string of the molecule is CCCCN1C[C@]2(CCCN(Cc3cccc(C)n3)C2)CCC1=O. The van der Waals surface area contributed by atoms with E-state index >= 15 is 0 Å². The summed E-state index contributed by atoms with van der Waals surface area (Å²) in [6.07, 6.45) is 6.58. The molecule has 2 aliphatic heterocycles. The van der Waals surface area contributed by atoms with E-state index in [0.717, 1.165) is 64.1 Å². The minimum Gasteiger partial charge on any atom is -0.342 e. The van der Waals surface area contributed by atoms with Gasteiger partial charge >= 0.3 is 0 Å². The maximum absolute atomic E-state index is 12.2. The molecule has 4 nitrogen and oxygen atoms in total. The maximum atomic E-state index is 12.2. The molecule has 132 valence electrons. The van der Waals surface area contributed by atoms with Crippen LogP contribution in [0.1, 0.15) is 56.8 Å². The summed E-state index contributed by atoms with van der Waals surface area (Å²) < 4.78 is 0. The first-order valence-corrected chi connectivity index (χ1v) is 9.53. The molecule has 2 fully saturated rings. The van der Waals surface area contributed by atoms with Crippen LogP contribution in [-0.2, 0) is 11.3 Å². The van der Waals surface area contributed by atoms with Crippen LogP contribution in [0.25, 0.3) is 0 Å². The first kappa shape index (κ1) is 17.4. The molecule has 0 unspecified atom stereocenters. The second-order valence-corrected chi connectivity index (χ2v) is 7.75. The fourth-order valence-corrected chi connectivity index (χ4v) is 4.35. The van der Waals surface area contributed by atoms with Gasteiger partial charge in [0, 0.05) is 43.7 Å². The Labute approximate surface area is 146 Å². The van der Waals surface area contributed by atoms with Gasteiger partial charge < -0.3 is 4.90 Å². The van der Waals surface area contributed by atoms with E-state index in [1.54, 1.807) is 0 Å². The van der Waals surface area contributed by atoms with Gasteiger partial charge in [-0.2, -0.15) is 0 Å². The second-order valence-electron chi connectivity index (χ2n) is 7.75. The maximum Gasteiger partial charge on any atom is 0.222 e. The van der Waals surface area contributed by atoms with Gasteiger partial charge in [0.15, 0.2) is 0 Å². The van der Waals surface area contributed by atoms with Gasteiger partial charge in [0.2, 0.25) is 5.91 Å². The Morgan fingerprint density at radius 2 is 2.12 bits per heavy atom. The quantitative estimate of drug-likeness (QED) is 0.831. The molecule has 4 heteroatoms. The lowest BCUT2D eigenvalue weighted by Gasteiger charge is -2.48. The number of carbonyl (C=O) groups is 1. The van der Waals surface area contributed by atoms with Crippen molar-refractivity contribution >= 4 is 5.91 Å². The number of nitrogens with zero attached hydrogens (tertiary/aromatic N) is 3. The van der Waals surface area contributed by atoms with Gasteiger partial charge in [0.05, 0.1) is 5.69 Å². The minimum absolute atomic E-state index is 0.309. The largest absolute Gasteiger partial charge is 0.342 e. The molecule has 24 heavy (non-hydrogen) atoms. The van der Waals surface area contributed by atoms with Crippen molar-refractivity contribution in [2.75, 3.05) is 26.2 Å². The van der Waals surface area contributed by atoms with Crippen LogP contribution >= 0.6 is 0 Å². The van der Waals surface area contributed by atoms with E-state index < -0.39 is 0 Å². The highest BCUT2D eigenvalue weighted by molar-refractivity contribution is 5.77. The number of hydrogen-bond acceptors (Lipinski definition) is 3. The van der Waals surface area contributed by atoms with E-state index in [4.69, 9.17) is 0 Å². The lowest BCUT2D eigenvalue weighted by atomic mass is 9.73. The molecule has 0 radical (unpaired) electrons. The molecule has 3 heterocycles. The van der Waals surface area contributed by atoms with Crippen LogP contribution in [0.5, 0.6) is 0 Å². The van der Waals surface area contributed by atoms with Crippen LogP contribution < -0.4 is 0 Å². The fourth-order valence-electron chi connectivity index (χ4n) is 4.35. The Kier molecular flexibility index (Phi) is 5.54. The number of carbonyl (C=O) groups excluding carboxylic acids is 1. The van der Waals surface area contributed by atoms with Crippen molar-refractivity contribution in [2.45, 2.75) is 58.9 Å². The number of rotatable bonds is 5. The average Bonchev–Trinajstić information content (AvgIpc) is 2.56. The van der Waals surface area contributed by atoms with Crippen molar-refractivity contribution < 1.29 is 4.79 Å². The third-order valence-electron chi connectivity index (χ3n) is 5.60. The monoisotopic (exact) mass is 329 g/mol. The molecule has 1 spiro atoms. The molecule has 2 aliphatic rings. The number of aromatic nitrogens is 1. The van der Waals surface area contributed by atoms with Crippen molar-refractivity contribution in [2.24, 2.45) is 5.41 Å². The van der Waals surface area contributed by atoms with Gasteiger partial charge in [0.25, 0.3) is 0 Å². The summed E-state index contributed by atoms with van der Waals surface area (Å²) in [6.45, 7) is 9.35. The van der Waals surface area contributed by atoms with E-state index in [0.29, 0.717) is 11.3 Å². The number of amides is 1. The van der Waals surface area contributed by atoms with Crippen LogP contribution in [0.2, 0.25) is 0 Å². The molecule has 1 amide bonds. The lowest BCUT2D eigenvalue weighted by molar-refractivity contribution is -0.139. The molecule has 2 saturated heterocycles. The summed E-state index contributed by atoms with van der Waals surface area (Å²) in [4.78, 5) is 21.6. The van der Waals surface area contributed by atoms with Crippen molar-refractivity contribution in [3.05, 3.63) is 29.6 Å². The molecule has 0 saturated carbocycles. The average molecular weight is 329 g/mol. The first-order valence-electron chi connectivity index (χ1n) is 9.53. The number of piperidine rings is 2. The Bertz CT molecular complexity index is 574. The normalized spacial score (nSPS) is 25.4. The zero-order valence-corrected chi connectivity index (χ0v) is 15.3. The van der Waals surface area contributed by atoms with Crippen molar-refractivity contribution in [1.82, 2.24) is 14.8 Å². The standard InChI is InChI=1S/C20H31N3O/c1-3-4-13-23-16-20(11-9-19(23)24)10-6-12-22(15-20)14-18-8-5-7-17(2)21-18/h5,7-8H,3-4,6,9-16H2,1-2H3/t20-/m1/s1. The number of unbranched alkanes of at least 4 members (excludes halogenated alkanes) is 1. The topological polar surface area (TPSA) is 36.4 Å². The highest BCUT2D eigenvalue weighted by atomic mass is 16.2. The predicted octanol–water partition coefficient (Wildman–Crippen LogP) is 3.39. The molecular weight excluding hydrogens is 298 g/mol. The van der Waals surface area contributed by atoms with Crippen molar-refractivity contribution in [3.8, 4) is 0 Å². The summed E-state index contributed by atoms with van der Waals surface area (Å²) >= 11 is 0. The van der Waals surface area contributed by atoms with Gasteiger partial charge in [0.1, 0.15) is 0 Å². The highest BCUT2D eigenvalue weighted by Crippen LogP contribution is 2.39. The van der Waals surface area contributed by atoms with Crippen LogP contribution in [0.4, 0.5) is 0 Å². The first-order chi connectivity index (χ1) is 11.6. The highest BCUT2D eigenvalue weighted by Gasteiger charge is 2.41. The van der Waals surface area contributed by atoms with Gasteiger partial charge in [-0.25, -0.2) is 0 Å². The van der Waals surface area contributed by atoms with Gasteiger partial charge in [-0.05, 0) is 51.3 Å². The predicted molar refractivity (Wildman–Crippen MR) is 96.6 cm³/mol. The van der Waals surface area contributed by atoms with Gasteiger partial charge in [-0.1, -0.05) is 19.4 Å². The summed E-state index contributed by atoms with van der Waals surface area (Å²) in [5, 5.41) is 0. The van der Waals surface area contributed by atoms with E-state index in [1.165, 1.54) is 18.5 Å². The molecule has 3 rings (SSSR count). The fraction of sp³-hybridized carbons (Fsp3) is 0.700. The van der Waals surface area contributed by atoms with Crippen LogP contribution in [-0.4, -0.2) is 46.9 Å². The van der Waals surface area contributed by atoms with Crippen LogP contribution in [0.15, 0.2) is 18.2 Å². The van der Waals surface area contributed by atoms with E-state index in [9.17, 15) is 4.79 Å². The van der Waals surface area contributed by atoms with Crippen molar-refractivity contribution in [1.29, 1.82) is 0 Å². The Morgan fingerprint density at radius 1 is 1.25 bits per heavy atom. The number of hydrogen-bond donors (Lipinski definition) is 0. The van der Waals surface area contributed by atoms with Gasteiger partial charge in [-0.3, -0.25) is 14.7 Å². The van der Waals surface area contributed by atoms with E-state index in [2.05, 4.69) is 46.8 Å².